The van der Waals surface area contributed by atoms with E-state index in [0.29, 0.717) is 33.8 Å². The molecule has 0 bridgehead atoms. The number of carbonyl (C=O) groups is 4. The molecule has 41 heavy (non-hydrogen) atoms. The van der Waals surface area contributed by atoms with Gasteiger partial charge in [-0.1, -0.05) is 66.7 Å². The summed E-state index contributed by atoms with van der Waals surface area (Å²) < 4.78 is 16.1. The Hall–Kier alpha value is -5.56. The average Bonchev–Trinajstić information content (AvgIpc) is 3.01. The summed E-state index contributed by atoms with van der Waals surface area (Å²) in [5.41, 5.74) is 2.19. The van der Waals surface area contributed by atoms with E-state index in [4.69, 9.17) is 14.2 Å². The van der Waals surface area contributed by atoms with Crippen molar-refractivity contribution >= 4 is 35.7 Å². The maximum absolute atomic E-state index is 12.3. The summed E-state index contributed by atoms with van der Waals surface area (Å²) in [6, 6.07) is 28.8. The number of benzene rings is 4. The van der Waals surface area contributed by atoms with E-state index in [-0.39, 0.29) is 23.7 Å². The molecule has 0 saturated heterocycles. The Bertz CT molecular complexity index is 1590. The minimum Gasteiger partial charge on any atom is -0.493 e. The standard InChI is InChI=1S/C34H26O7/c1-39-32-22-25(16-21-31(32)41-34(38)27-10-6-3-7-11-27)13-18-29(36)23-28(35)17-12-24-14-19-30(20-15-24)40-33(37)26-8-4-2-5-9-26/h2-22H,23H2,1H3/b17-12+,18-13+. The molecule has 0 saturated carbocycles. The molecule has 0 radical (unpaired) electrons. The molecule has 0 aliphatic rings. The van der Waals surface area contributed by atoms with Crippen molar-refractivity contribution in [2.75, 3.05) is 7.11 Å². The Morgan fingerprint density at radius 2 is 1.10 bits per heavy atom. The van der Waals surface area contributed by atoms with Crippen LogP contribution in [0.4, 0.5) is 0 Å². The van der Waals surface area contributed by atoms with Crippen molar-refractivity contribution in [2.24, 2.45) is 0 Å². The second kappa shape index (κ2) is 14.0. The van der Waals surface area contributed by atoms with Crippen LogP contribution >= 0.6 is 0 Å². The first-order chi connectivity index (χ1) is 19.9. The molecule has 4 aromatic carbocycles. The monoisotopic (exact) mass is 546 g/mol. The molecule has 7 nitrogen and oxygen atoms in total. The predicted octanol–water partition coefficient (Wildman–Crippen LogP) is 6.39. The van der Waals surface area contributed by atoms with E-state index in [0.717, 1.165) is 0 Å². The van der Waals surface area contributed by atoms with Gasteiger partial charge in [-0.05, 0) is 71.8 Å². The minimum atomic E-state index is -0.517. The van der Waals surface area contributed by atoms with E-state index in [2.05, 4.69) is 0 Å². The van der Waals surface area contributed by atoms with Gasteiger partial charge in [-0.2, -0.15) is 0 Å². The molecular formula is C34H26O7. The van der Waals surface area contributed by atoms with E-state index in [1.54, 1.807) is 109 Å². The van der Waals surface area contributed by atoms with Crippen molar-refractivity contribution in [3.8, 4) is 17.2 Å². The van der Waals surface area contributed by atoms with Gasteiger partial charge >= 0.3 is 11.9 Å². The Balaban J connectivity index is 1.28. The second-order valence-electron chi connectivity index (χ2n) is 8.77. The molecule has 0 fully saturated rings. The Morgan fingerprint density at radius 3 is 1.66 bits per heavy atom. The second-order valence-corrected chi connectivity index (χ2v) is 8.77. The van der Waals surface area contributed by atoms with Gasteiger partial charge in [0.1, 0.15) is 5.75 Å². The molecule has 0 aliphatic carbocycles. The van der Waals surface area contributed by atoms with Gasteiger partial charge in [-0.15, -0.1) is 0 Å². The minimum absolute atomic E-state index is 0.243. The number of hydrogen-bond donors (Lipinski definition) is 0. The molecule has 0 unspecified atom stereocenters. The fourth-order valence-electron chi connectivity index (χ4n) is 3.66. The average molecular weight is 547 g/mol. The van der Waals surface area contributed by atoms with Crippen LogP contribution in [0.15, 0.2) is 115 Å². The fourth-order valence-corrected chi connectivity index (χ4v) is 3.66. The highest BCUT2D eigenvalue weighted by molar-refractivity contribution is 6.10. The van der Waals surface area contributed by atoms with Crippen LogP contribution in [0.25, 0.3) is 12.2 Å². The smallest absolute Gasteiger partial charge is 0.343 e. The van der Waals surface area contributed by atoms with Gasteiger partial charge in [0.25, 0.3) is 0 Å². The highest BCUT2D eigenvalue weighted by Crippen LogP contribution is 2.29. The van der Waals surface area contributed by atoms with Crippen LogP contribution in [-0.4, -0.2) is 30.6 Å². The van der Waals surface area contributed by atoms with E-state index in [1.807, 2.05) is 6.07 Å². The predicted molar refractivity (Wildman–Crippen MR) is 155 cm³/mol. The van der Waals surface area contributed by atoms with E-state index in [1.165, 1.54) is 19.3 Å². The molecule has 4 rings (SSSR count). The first-order valence-electron chi connectivity index (χ1n) is 12.7. The Kier molecular flexibility index (Phi) is 9.72. The van der Waals surface area contributed by atoms with Crippen molar-refractivity contribution in [3.63, 3.8) is 0 Å². The van der Waals surface area contributed by atoms with Crippen LogP contribution in [0.5, 0.6) is 17.2 Å². The summed E-state index contributed by atoms with van der Waals surface area (Å²) in [6.45, 7) is 0. The summed E-state index contributed by atoms with van der Waals surface area (Å²) in [7, 11) is 1.45. The molecule has 7 heteroatoms. The van der Waals surface area contributed by atoms with Crippen LogP contribution in [0.3, 0.4) is 0 Å². The Morgan fingerprint density at radius 1 is 0.585 bits per heavy atom. The lowest BCUT2D eigenvalue weighted by Crippen LogP contribution is -2.09. The molecule has 0 N–H and O–H groups in total. The van der Waals surface area contributed by atoms with Crippen LogP contribution < -0.4 is 14.2 Å². The third kappa shape index (κ3) is 8.46. The number of allylic oxidation sites excluding steroid dienone is 2. The summed E-state index contributed by atoms with van der Waals surface area (Å²) in [5, 5.41) is 0. The number of methoxy groups -OCH3 is 1. The van der Waals surface area contributed by atoms with Crippen molar-refractivity contribution < 1.29 is 33.4 Å². The molecule has 0 aromatic heterocycles. The van der Waals surface area contributed by atoms with Crippen LogP contribution in [0.1, 0.15) is 38.3 Å². The maximum Gasteiger partial charge on any atom is 0.343 e. The van der Waals surface area contributed by atoms with E-state index >= 15 is 0 Å². The number of esters is 2. The fraction of sp³-hybridized carbons (Fsp3) is 0.0588. The highest BCUT2D eigenvalue weighted by Gasteiger charge is 2.13. The molecule has 4 aromatic rings. The lowest BCUT2D eigenvalue weighted by molar-refractivity contribution is -0.121. The molecule has 0 amide bonds. The lowest BCUT2D eigenvalue weighted by atomic mass is 10.1. The quantitative estimate of drug-likeness (QED) is 0.0931. The van der Waals surface area contributed by atoms with E-state index < -0.39 is 11.9 Å². The number of hydrogen-bond acceptors (Lipinski definition) is 7. The van der Waals surface area contributed by atoms with Crippen LogP contribution in [0.2, 0.25) is 0 Å². The van der Waals surface area contributed by atoms with E-state index in [9.17, 15) is 19.2 Å². The van der Waals surface area contributed by atoms with Crippen LogP contribution in [0, 0.1) is 0 Å². The van der Waals surface area contributed by atoms with Gasteiger partial charge < -0.3 is 14.2 Å². The summed E-state index contributed by atoms with van der Waals surface area (Å²) in [5.74, 6) is -0.771. The molecule has 0 aliphatic heterocycles. The first kappa shape index (κ1) is 28.4. The van der Waals surface area contributed by atoms with Crippen LogP contribution in [-0.2, 0) is 9.59 Å². The van der Waals surface area contributed by atoms with Gasteiger partial charge in [0.05, 0.1) is 24.7 Å². The third-order valence-electron chi connectivity index (χ3n) is 5.77. The maximum atomic E-state index is 12.3. The third-order valence-corrected chi connectivity index (χ3v) is 5.77. The number of ether oxygens (including phenoxy) is 3. The summed E-state index contributed by atoms with van der Waals surface area (Å²) in [6.07, 6.45) is 5.48. The Labute approximate surface area is 237 Å². The molecule has 0 spiro atoms. The van der Waals surface area contributed by atoms with Gasteiger partial charge in [-0.3, -0.25) is 9.59 Å². The van der Waals surface area contributed by atoms with Gasteiger partial charge in [0, 0.05) is 0 Å². The summed E-state index contributed by atoms with van der Waals surface area (Å²) in [4.78, 5) is 49.1. The largest absolute Gasteiger partial charge is 0.493 e. The lowest BCUT2D eigenvalue weighted by Gasteiger charge is -2.10. The normalized spacial score (nSPS) is 10.9. The number of carbonyl (C=O) groups excluding carboxylic acids is 4. The zero-order valence-corrected chi connectivity index (χ0v) is 22.2. The highest BCUT2D eigenvalue weighted by atomic mass is 16.6. The molecular weight excluding hydrogens is 520 g/mol. The number of rotatable bonds is 11. The summed E-state index contributed by atoms with van der Waals surface area (Å²) >= 11 is 0. The van der Waals surface area contributed by atoms with Crippen molar-refractivity contribution in [2.45, 2.75) is 6.42 Å². The molecule has 0 heterocycles. The van der Waals surface area contributed by atoms with Crippen molar-refractivity contribution in [1.29, 1.82) is 0 Å². The zero-order chi connectivity index (χ0) is 29.0. The van der Waals surface area contributed by atoms with Gasteiger partial charge in [0.15, 0.2) is 23.1 Å². The number of ketones is 2. The van der Waals surface area contributed by atoms with Gasteiger partial charge in [-0.25, -0.2) is 9.59 Å². The SMILES string of the molecule is COc1cc(/C=C/C(=O)CC(=O)/C=C/c2ccc(OC(=O)c3ccccc3)cc2)ccc1OC(=O)c1ccccc1. The van der Waals surface area contributed by atoms with Crippen molar-refractivity contribution in [3.05, 3.63) is 138 Å². The first-order valence-corrected chi connectivity index (χ1v) is 12.7. The topological polar surface area (TPSA) is 96.0 Å². The van der Waals surface area contributed by atoms with Crippen molar-refractivity contribution in [1.82, 2.24) is 0 Å². The zero-order valence-electron chi connectivity index (χ0n) is 22.2. The van der Waals surface area contributed by atoms with Gasteiger partial charge in [0.2, 0.25) is 0 Å². The molecule has 0 atom stereocenters. The molecule has 204 valence electrons.